The van der Waals surface area contributed by atoms with Gasteiger partial charge in [-0.1, -0.05) is 51.4 Å². The molecule has 0 spiro atoms. The molecule has 1 unspecified atom stereocenters. The van der Waals surface area contributed by atoms with Crippen LogP contribution in [0.25, 0.3) is 0 Å². The summed E-state index contributed by atoms with van der Waals surface area (Å²) >= 11 is 6.02. The van der Waals surface area contributed by atoms with Gasteiger partial charge in [0.15, 0.2) is 0 Å². The van der Waals surface area contributed by atoms with E-state index in [2.05, 4.69) is 16.0 Å². The van der Waals surface area contributed by atoms with E-state index in [1.54, 1.807) is 38.1 Å². The molecule has 6 nitrogen and oxygen atoms in total. The van der Waals surface area contributed by atoms with Crippen LogP contribution in [-0.2, 0) is 9.59 Å². The van der Waals surface area contributed by atoms with Crippen LogP contribution >= 0.6 is 11.6 Å². The van der Waals surface area contributed by atoms with Gasteiger partial charge in [0, 0.05) is 19.0 Å². The fourth-order valence-corrected chi connectivity index (χ4v) is 2.31. The number of hydrogen-bond donors (Lipinski definition) is 3. The van der Waals surface area contributed by atoms with Crippen LogP contribution in [0.5, 0.6) is 0 Å². The summed E-state index contributed by atoms with van der Waals surface area (Å²) < 4.78 is 0. The molecular formula is C18H26ClN3O3. The molecule has 0 radical (unpaired) electrons. The van der Waals surface area contributed by atoms with Crippen LogP contribution in [0, 0.1) is 11.8 Å². The molecule has 3 amide bonds. The molecule has 7 heteroatoms. The molecule has 0 aromatic heterocycles. The third kappa shape index (κ3) is 6.74. The summed E-state index contributed by atoms with van der Waals surface area (Å²) in [5.74, 6) is -0.964. The highest BCUT2D eigenvalue weighted by molar-refractivity contribution is 6.33. The molecule has 1 atom stereocenters. The smallest absolute Gasteiger partial charge is 0.253 e. The van der Waals surface area contributed by atoms with E-state index in [-0.39, 0.29) is 23.7 Å². The molecule has 1 aromatic carbocycles. The zero-order valence-corrected chi connectivity index (χ0v) is 15.8. The third-order valence-corrected chi connectivity index (χ3v) is 3.93. The lowest BCUT2D eigenvalue weighted by Crippen LogP contribution is -2.51. The van der Waals surface area contributed by atoms with Gasteiger partial charge in [0.25, 0.3) is 5.91 Å². The van der Waals surface area contributed by atoms with Gasteiger partial charge in [-0.15, -0.1) is 0 Å². The number of benzene rings is 1. The molecule has 1 rings (SSSR count). The van der Waals surface area contributed by atoms with E-state index in [1.165, 1.54) is 0 Å². The second-order valence-electron chi connectivity index (χ2n) is 6.41. The Kier molecular flexibility index (Phi) is 8.41. The van der Waals surface area contributed by atoms with Crippen molar-refractivity contribution in [3.8, 4) is 0 Å². The van der Waals surface area contributed by atoms with Crippen molar-refractivity contribution in [2.45, 2.75) is 33.7 Å². The van der Waals surface area contributed by atoms with Gasteiger partial charge in [-0.05, 0) is 18.1 Å². The molecule has 0 heterocycles. The Hall–Kier alpha value is -2.08. The molecule has 0 aliphatic carbocycles. The van der Waals surface area contributed by atoms with Gasteiger partial charge >= 0.3 is 0 Å². The van der Waals surface area contributed by atoms with E-state index < -0.39 is 11.9 Å². The van der Waals surface area contributed by atoms with E-state index in [0.717, 1.165) is 0 Å². The Morgan fingerprint density at radius 1 is 0.960 bits per heavy atom. The summed E-state index contributed by atoms with van der Waals surface area (Å²) in [4.78, 5) is 36.2. The van der Waals surface area contributed by atoms with Crippen LogP contribution < -0.4 is 16.0 Å². The Bertz CT molecular complexity index is 617. The van der Waals surface area contributed by atoms with Crippen LogP contribution in [0.2, 0.25) is 5.02 Å². The number of nitrogens with one attached hydrogen (secondary N) is 3. The van der Waals surface area contributed by atoms with Crippen molar-refractivity contribution in [2.24, 2.45) is 11.8 Å². The maximum atomic E-state index is 12.3. The summed E-state index contributed by atoms with van der Waals surface area (Å²) in [7, 11) is 0. The Balaban J connectivity index is 2.58. The zero-order chi connectivity index (χ0) is 19.0. The van der Waals surface area contributed by atoms with E-state index in [4.69, 9.17) is 11.6 Å². The fourth-order valence-electron chi connectivity index (χ4n) is 2.08. The second kappa shape index (κ2) is 10.0. The highest BCUT2D eigenvalue weighted by Gasteiger charge is 2.25. The van der Waals surface area contributed by atoms with Crippen LogP contribution in [-0.4, -0.2) is 36.9 Å². The first-order valence-corrected chi connectivity index (χ1v) is 8.72. The number of carbonyl (C=O) groups is 3. The lowest BCUT2D eigenvalue weighted by molar-refractivity contribution is -0.125. The van der Waals surface area contributed by atoms with Crippen molar-refractivity contribution < 1.29 is 14.4 Å². The lowest BCUT2D eigenvalue weighted by Gasteiger charge is -2.22. The second-order valence-corrected chi connectivity index (χ2v) is 6.82. The Morgan fingerprint density at radius 2 is 1.52 bits per heavy atom. The first kappa shape index (κ1) is 21.0. The largest absolute Gasteiger partial charge is 0.354 e. The van der Waals surface area contributed by atoms with Crippen molar-refractivity contribution in [3.63, 3.8) is 0 Å². The monoisotopic (exact) mass is 367 g/mol. The molecule has 0 fully saturated rings. The minimum atomic E-state index is -0.690. The SMILES string of the molecule is CC(C)C(=O)NCCNC(=O)C(NC(=O)c1ccccc1Cl)C(C)C. The quantitative estimate of drug-likeness (QED) is 0.614. The molecule has 138 valence electrons. The molecular weight excluding hydrogens is 342 g/mol. The molecule has 0 saturated carbocycles. The molecule has 0 aliphatic heterocycles. The van der Waals surface area contributed by atoms with Crippen molar-refractivity contribution in [1.29, 1.82) is 0 Å². The highest BCUT2D eigenvalue weighted by Crippen LogP contribution is 2.15. The van der Waals surface area contributed by atoms with Crippen LogP contribution in [0.3, 0.4) is 0 Å². The van der Waals surface area contributed by atoms with Crippen molar-refractivity contribution >= 4 is 29.3 Å². The van der Waals surface area contributed by atoms with Crippen LogP contribution in [0.15, 0.2) is 24.3 Å². The van der Waals surface area contributed by atoms with Crippen molar-refractivity contribution in [1.82, 2.24) is 16.0 Å². The molecule has 25 heavy (non-hydrogen) atoms. The Morgan fingerprint density at radius 3 is 2.04 bits per heavy atom. The number of rotatable bonds is 8. The van der Waals surface area contributed by atoms with E-state index in [1.807, 2.05) is 13.8 Å². The Labute approximate surface area is 153 Å². The van der Waals surface area contributed by atoms with Gasteiger partial charge in [0.05, 0.1) is 10.6 Å². The fraction of sp³-hybridized carbons (Fsp3) is 0.500. The topological polar surface area (TPSA) is 87.3 Å². The average molecular weight is 368 g/mol. The number of hydrogen-bond acceptors (Lipinski definition) is 3. The zero-order valence-electron chi connectivity index (χ0n) is 15.1. The van der Waals surface area contributed by atoms with Crippen molar-refractivity contribution in [2.75, 3.05) is 13.1 Å². The lowest BCUT2D eigenvalue weighted by atomic mass is 10.0. The predicted molar refractivity (Wildman–Crippen MR) is 98.4 cm³/mol. The summed E-state index contributed by atoms with van der Waals surface area (Å²) in [6.07, 6.45) is 0. The first-order valence-electron chi connectivity index (χ1n) is 8.34. The van der Waals surface area contributed by atoms with E-state index in [0.29, 0.717) is 23.7 Å². The standard InChI is InChI=1S/C18H26ClN3O3/c1-11(2)15(18(25)21-10-9-20-16(23)12(3)4)22-17(24)13-7-5-6-8-14(13)19/h5-8,11-12,15H,9-10H2,1-4H3,(H,20,23)(H,21,25)(H,22,24). The number of carbonyl (C=O) groups excluding carboxylic acids is 3. The van der Waals surface area contributed by atoms with Gasteiger partial charge in [-0.3, -0.25) is 14.4 Å². The number of amides is 3. The minimum absolute atomic E-state index is 0.0679. The maximum absolute atomic E-state index is 12.3. The van der Waals surface area contributed by atoms with Gasteiger partial charge in [-0.25, -0.2) is 0 Å². The maximum Gasteiger partial charge on any atom is 0.253 e. The van der Waals surface area contributed by atoms with Gasteiger partial charge in [-0.2, -0.15) is 0 Å². The van der Waals surface area contributed by atoms with E-state index in [9.17, 15) is 14.4 Å². The minimum Gasteiger partial charge on any atom is -0.354 e. The summed E-state index contributed by atoms with van der Waals surface area (Å²) in [6.45, 7) is 7.92. The summed E-state index contributed by atoms with van der Waals surface area (Å²) in [5.41, 5.74) is 0.326. The first-order chi connectivity index (χ1) is 11.7. The van der Waals surface area contributed by atoms with Crippen molar-refractivity contribution in [3.05, 3.63) is 34.9 Å². The average Bonchev–Trinajstić information content (AvgIpc) is 2.55. The van der Waals surface area contributed by atoms with E-state index >= 15 is 0 Å². The number of halogens is 1. The summed E-state index contributed by atoms with van der Waals surface area (Å²) in [5, 5.41) is 8.50. The van der Waals surface area contributed by atoms with Gasteiger partial charge in [0.2, 0.25) is 11.8 Å². The molecule has 0 bridgehead atoms. The van der Waals surface area contributed by atoms with Crippen LogP contribution in [0.1, 0.15) is 38.1 Å². The van der Waals surface area contributed by atoms with Gasteiger partial charge < -0.3 is 16.0 Å². The molecule has 3 N–H and O–H groups in total. The van der Waals surface area contributed by atoms with Crippen LogP contribution in [0.4, 0.5) is 0 Å². The summed E-state index contributed by atoms with van der Waals surface area (Å²) in [6, 6.07) is 5.98. The normalized spacial score (nSPS) is 12.0. The van der Waals surface area contributed by atoms with Gasteiger partial charge in [0.1, 0.15) is 6.04 Å². The molecule has 0 saturated heterocycles. The third-order valence-electron chi connectivity index (χ3n) is 3.60. The molecule has 0 aliphatic rings. The predicted octanol–water partition coefficient (Wildman–Crippen LogP) is 1.98. The molecule has 1 aromatic rings. The highest BCUT2D eigenvalue weighted by atomic mass is 35.5.